The van der Waals surface area contributed by atoms with Crippen LogP contribution >= 0.6 is 0 Å². The number of nitrogens with zero attached hydrogens (tertiary/aromatic N) is 4. The molecule has 1 N–H and O–H groups in total. The van der Waals surface area contributed by atoms with Gasteiger partial charge in [0.2, 0.25) is 0 Å². The molecule has 0 aliphatic carbocycles. The highest BCUT2D eigenvalue weighted by Crippen LogP contribution is 2.31. The lowest BCUT2D eigenvalue weighted by atomic mass is 10.2. The number of fused-ring (bicyclic) bond motifs is 1. The van der Waals surface area contributed by atoms with Gasteiger partial charge in [-0.05, 0) is 42.0 Å². The summed E-state index contributed by atoms with van der Waals surface area (Å²) in [5.74, 6) is -2.53. The number of benzene rings is 2. The van der Waals surface area contributed by atoms with Gasteiger partial charge in [0.1, 0.15) is 0 Å². The van der Waals surface area contributed by atoms with E-state index in [2.05, 4.69) is 10.4 Å². The predicted molar refractivity (Wildman–Crippen MR) is 107 cm³/mol. The smallest absolute Gasteiger partial charge is 0.326 e. The van der Waals surface area contributed by atoms with Gasteiger partial charge >= 0.3 is 18.0 Å². The van der Waals surface area contributed by atoms with Gasteiger partial charge in [-0.3, -0.25) is 14.5 Å². The summed E-state index contributed by atoms with van der Waals surface area (Å²) in [5.41, 5.74) is 0.871. The maximum Gasteiger partial charge on any atom is 0.502 e. The number of amides is 3. The molecule has 0 bridgehead atoms. The summed E-state index contributed by atoms with van der Waals surface area (Å²) >= 11 is 0. The topological polar surface area (TPSA) is 85.1 Å². The van der Waals surface area contributed by atoms with Crippen LogP contribution in [0.25, 0.3) is 0 Å². The van der Waals surface area contributed by atoms with Crippen LogP contribution in [-0.4, -0.2) is 53.2 Å². The molecule has 2 aromatic rings. The molecule has 1 fully saturated rings. The van der Waals surface area contributed by atoms with Gasteiger partial charge in [-0.2, -0.15) is 13.2 Å². The SMILES string of the molecule is Cc1ccc(N2CCN3C(=O)C(=O)[N+](CC(=O)Nc4cccc(C(F)(F)F)c4)=NC32)cc1. The monoisotopic (exact) mass is 446 g/mol. The Hall–Kier alpha value is -3.76. The number of rotatable bonds is 4. The first-order chi connectivity index (χ1) is 15.1. The average Bonchev–Trinajstić information content (AvgIpc) is 3.16. The molecule has 32 heavy (non-hydrogen) atoms. The lowest BCUT2D eigenvalue weighted by molar-refractivity contribution is -0.509. The van der Waals surface area contributed by atoms with Crippen LogP contribution in [0, 0.1) is 6.92 Å². The van der Waals surface area contributed by atoms with Crippen molar-refractivity contribution in [2.45, 2.75) is 19.4 Å². The molecule has 2 aliphatic heterocycles. The van der Waals surface area contributed by atoms with Gasteiger partial charge in [-0.25, -0.2) is 4.79 Å². The van der Waals surface area contributed by atoms with E-state index in [0.29, 0.717) is 13.1 Å². The predicted octanol–water partition coefficient (Wildman–Crippen LogP) is 2.59. The van der Waals surface area contributed by atoms with Gasteiger partial charge in [-0.1, -0.05) is 23.8 Å². The molecule has 11 heteroatoms. The van der Waals surface area contributed by atoms with Crippen LogP contribution < -0.4 is 10.2 Å². The molecule has 2 heterocycles. The summed E-state index contributed by atoms with van der Waals surface area (Å²) in [5, 5.41) is 6.58. The number of anilines is 2. The number of hydrogen-bond acceptors (Lipinski definition) is 5. The fourth-order valence-corrected chi connectivity index (χ4v) is 3.58. The van der Waals surface area contributed by atoms with Crippen LogP contribution in [0.1, 0.15) is 11.1 Å². The Morgan fingerprint density at radius 2 is 1.81 bits per heavy atom. The van der Waals surface area contributed by atoms with Crippen molar-refractivity contribution in [2.75, 3.05) is 29.9 Å². The fraction of sp³-hybridized carbons (Fsp3) is 0.286. The zero-order valence-corrected chi connectivity index (χ0v) is 17.0. The maximum absolute atomic E-state index is 12.9. The minimum Gasteiger partial charge on any atom is -0.326 e. The number of carbonyl (C=O) groups is 3. The van der Waals surface area contributed by atoms with Gasteiger partial charge in [-0.15, -0.1) is 0 Å². The largest absolute Gasteiger partial charge is 0.502 e. The van der Waals surface area contributed by atoms with E-state index in [-0.39, 0.29) is 5.69 Å². The van der Waals surface area contributed by atoms with Crippen LogP contribution in [0.3, 0.4) is 0 Å². The third-order valence-electron chi connectivity index (χ3n) is 5.19. The van der Waals surface area contributed by atoms with Crippen molar-refractivity contribution in [1.29, 1.82) is 0 Å². The molecule has 2 aliphatic rings. The minimum atomic E-state index is -4.56. The highest BCUT2D eigenvalue weighted by Gasteiger charge is 2.49. The van der Waals surface area contributed by atoms with E-state index in [1.807, 2.05) is 36.1 Å². The third-order valence-corrected chi connectivity index (χ3v) is 5.19. The van der Waals surface area contributed by atoms with Crippen molar-refractivity contribution in [2.24, 2.45) is 5.11 Å². The molecule has 3 amide bonds. The molecular formula is C21H19F3N5O3+. The number of hydrogen-bond donors (Lipinski definition) is 1. The Bertz CT molecular complexity index is 1110. The second kappa shape index (κ2) is 8.06. The van der Waals surface area contributed by atoms with Gasteiger partial charge in [0.15, 0.2) is 0 Å². The van der Waals surface area contributed by atoms with E-state index >= 15 is 0 Å². The number of azo groups is 2. The number of nitrogens with one attached hydrogen (secondary N) is 1. The first-order valence-corrected chi connectivity index (χ1v) is 9.77. The van der Waals surface area contributed by atoms with E-state index in [1.54, 1.807) is 0 Å². The van der Waals surface area contributed by atoms with E-state index < -0.39 is 42.3 Å². The quantitative estimate of drug-likeness (QED) is 0.578. The second-order valence-corrected chi connectivity index (χ2v) is 7.48. The zero-order valence-electron chi connectivity index (χ0n) is 17.0. The summed E-state index contributed by atoms with van der Waals surface area (Å²) in [6, 6.07) is 11.7. The van der Waals surface area contributed by atoms with Crippen molar-refractivity contribution in [3.05, 3.63) is 59.7 Å². The van der Waals surface area contributed by atoms with E-state index in [1.165, 1.54) is 11.0 Å². The molecule has 2 aromatic carbocycles. The normalized spacial score (nSPS) is 18.5. The highest BCUT2D eigenvalue weighted by atomic mass is 19.4. The molecule has 166 valence electrons. The van der Waals surface area contributed by atoms with E-state index in [0.717, 1.165) is 34.1 Å². The first-order valence-electron chi connectivity index (χ1n) is 9.77. The van der Waals surface area contributed by atoms with E-state index in [4.69, 9.17) is 0 Å². The Morgan fingerprint density at radius 1 is 1.12 bits per heavy atom. The van der Waals surface area contributed by atoms with Crippen molar-refractivity contribution >= 4 is 29.1 Å². The number of carbonyl (C=O) groups excluding carboxylic acids is 3. The first kappa shape index (κ1) is 21.5. The van der Waals surface area contributed by atoms with Gasteiger partial charge in [0, 0.05) is 29.6 Å². The maximum atomic E-state index is 12.9. The van der Waals surface area contributed by atoms with Crippen LogP contribution in [0.15, 0.2) is 53.6 Å². The summed E-state index contributed by atoms with van der Waals surface area (Å²) in [4.78, 5) is 40.5. The molecule has 0 spiro atoms. The highest BCUT2D eigenvalue weighted by molar-refractivity contribution is 6.32. The van der Waals surface area contributed by atoms with Crippen molar-refractivity contribution in [1.82, 2.24) is 4.90 Å². The fourth-order valence-electron chi connectivity index (χ4n) is 3.58. The summed E-state index contributed by atoms with van der Waals surface area (Å²) in [6.07, 6.45) is -5.35. The van der Waals surface area contributed by atoms with Crippen molar-refractivity contribution in [3.8, 4) is 0 Å². The Balaban J connectivity index is 1.53. The van der Waals surface area contributed by atoms with Gasteiger partial charge < -0.3 is 10.2 Å². The van der Waals surface area contributed by atoms with Crippen molar-refractivity contribution in [3.63, 3.8) is 0 Å². The molecular weight excluding hydrogens is 427 g/mol. The summed E-state index contributed by atoms with van der Waals surface area (Å²) in [6.45, 7) is 2.10. The third kappa shape index (κ3) is 4.18. The number of alkyl halides is 3. The Kier molecular flexibility index (Phi) is 5.41. The molecule has 0 aromatic heterocycles. The van der Waals surface area contributed by atoms with Crippen molar-refractivity contribution < 1.29 is 32.3 Å². The van der Waals surface area contributed by atoms with Crippen LogP contribution in [0.5, 0.6) is 0 Å². The minimum absolute atomic E-state index is 0.0793. The number of halogens is 3. The van der Waals surface area contributed by atoms with Gasteiger partial charge in [0.05, 0.1) is 5.56 Å². The van der Waals surface area contributed by atoms with E-state index in [9.17, 15) is 27.6 Å². The standard InChI is InChI=1S/C21H18F3N5O3/c1-13-5-7-16(8-6-13)27-9-10-28-18(31)19(32)29(26-20(27)28)12-17(30)25-15-4-2-3-14(11-15)21(22,23)24/h2-8,11,20H,9-10,12H2,1H3/p+1. The lowest BCUT2D eigenvalue weighted by Gasteiger charge is -2.27. The summed E-state index contributed by atoms with van der Waals surface area (Å²) in [7, 11) is 0. The molecule has 0 saturated carbocycles. The second-order valence-electron chi connectivity index (χ2n) is 7.48. The average molecular weight is 446 g/mol. The lowest BCUT2D eigenvalue weighted by Crippen LogP contribution is -2.52. The zero-order chi connectivity index (χ0) is 23.0. The molecule has 8 nitrogen and oxygen atoms in total. The number of aryl methyl sites for hydroxylation is 1. The van der Waals surface area contributed by atoms with Crippen LogP contribution in [-0.2, 0) is 20.6 Å². The molecule has 4 rings (SSSR count). The van der Waals surface area contributed by atoms with Crippen LogP contribution in [0.2, 0.25) is 0 Å². The molecule has 1 saturated heterocycles. The van der Waals surface area contributed by atoms with Crippen LogP contribution in [0.4, 0.5) is 24.5 Å². The Morgan fingerprint density at radius 3 is 2.50 bits per heavy atom. The Labute approximate surface area is 180 Å². The molecule has 1 unspecified atom stereocenters. The molecule has 1 atom stereocenters. The van der Waals surface area contributed by atoms with Gasteiger partial charge in [0.25, 0.3) is 18.7 Å². The summed E-state index contributed by atoms with van der Waals surface area (Å²) < 4.78 is 39.4. The molecule has 0 radical (unpaired) electrons.